The van der Waals surface area contributed by atoms with Crippen molar-refractivity contribution in [3.05, 3.63) is 121 Å². The van der Waals surface area contributed by atoms with Crippen molar-refractivity contribution in [1.82, 2.24) is 10.3 Å². The average molecular weight is 601 g/mol. The molecule has 1 atom stereocenters. The van der Waals surface area contributed by atoms with E-state index < -0.39 is 17.7 Å². The topological polar surface area (TPSA) is 94.6 Å². The molecule has 7 nitrogen and oxygen atoms in total. The minimum atomic E-state index is -0.679. The van der Waals surface area contributed by atoms with E-state index in [1.54, 1.807) is 37.4 Å². The van der Waals surface area contributed by atoms with Crippen LogP contribution in [0.4, 0.5) is 0 Å². The zero-order chi connectivity index (χ0) is 29.9. The van der Waals surface area contributed by atoms with Crippen LogP contribution in [0.3, 0.4) is 0 Å². The van der Waals surface area contributed by atoms with Gasteiger partial charge in [-0.1, -0.05) is 48.5 Å². The first-order chi connectivity index (χ1) is 20.3. The Balaban J connectivity index is 1.51. The Morgan fingerprint density at radius 3 is 2.40 bits per heavy atom. The van der Waals surface area contributed by atoms with Gasteiger partial charge < -0.3 is 14.8 Å². The fraction of sp³-hybridized carbons (Fsp3) is 0.212. The molecule has 2 aromatic heterocycles. The molecule has 216 valence electrons. The molecule has 4 aromatic rings. The molecule has 4 rings (SSSR count). The van der Waals surface area contributed by atoms with Crippen LogP contribution in [0.5, 0.6) is 5.75 Å². The van der Waals surface area contributed by atoms with E-state index in [0.717, 1.165) is 22.4 Å². The number of thiazole rings is 1. The average Bonchev–Trinajstić information content (AvgIpc) is 3.69. The predicted molar refractivity (Wildman–Crippen MR) is 167 cm³/mol. The molecule has 0 fully saturated rings. The Hall–Kier alpha value is -4.34. The van der Waals surface area contributed by atoms with Crippen LogP contribution < -0.4 is 10.1 Å². The van der Waals surface area contributed by atoms with Crippen LogP contribution in [0.25, 0.3) is 6.08 Å². The Labute approximate surface area is 253 Å². The van der Waals surface area contributed by atoms with E-state index in [-0.39, 0.29) is 5.97 Å². The number of thiophene rings is 1. The molecule has 0 bridgehead atoms. The number of nitrogens with one attached hydrogen (secondary N) is 1. The second-order valence-electron chi connectivity index (χ2n) is 9.50. The van der Waals surface area contributed by atoms with Gasteiger partial charge in [0.15, 0.2) is 0 Å². The SMILES string of the molecule is CCOC(=O)C(C)=CC(C)=Cc1csc([C@H](Cc2ccc(OCc3ccccc3)cc2)NC(=O)C(=O)c2cccs2)n1. The van der Waals surface area contributed by atoms with Gasteiger partial charge in [-0.2, -0.15) is 0 Å². The summed E-state index contributed by atoms with van der Waals surface area (Å²) in [7, 11) is 0. The molecule has 0 saturated carbocycles. The lowest BCUT2D eigenvalue weighted by Crippen LogP contribution is -2.35. The lowest BCUT2D eigenvalue weighted by Gasteiger charge is -2.16. The van der Waals surface area contributed by atoms with Crippen molar-refractivity contribution < 1.29 is 23.9 Å². The zero-order valence-electron chi connectivity index (χ0n) is 23.7. The normalized spacial score (nSPS) is 12.5. The lowest BCUT2D eigenvalue weighted by atomic mass is 10.1. The molecule has 0 aliphatic carbocycles. The van der Waals surface area contributed by atoms with E-state index in [2.05, 4.69) is 5.32 Å². The van der Waals surface area contributed by atoms with Gasteiger partial charge in [0.1, 0.15) is 17.4 Å². The van der Waals surface area contributed by atoms with Crippen molar-refractivity contribution in [2.45, 2.75) is 39.8 Å². The molecule has 0 spiro atoms. The summed E-state index contributed by atoms with van der Waals surface area (Å²) < 4.78 is 11.0. The highest BCUT2D eigenvalue weighted by Crippen LogP contribution is 2.25. The maximum Gasteiger partial charge on any atom is 0.333 e. The fourth-order valence-electron chi connectivity index (χ4n) is 4.09. The summed E-state index contributed by atoms with van der Waals surface area (Å²) >= 11 is 2.62. The second-order valence-corrected chi connectivity index (χ2v) is 11.3. The summed E-state index contributed by atoms with van der Waals surface area (Å²) in [6.07, 6.45) is 4.04. The van der Waals surface area contributed by atoms with Gasteiger partial charge in [0.05, 0.1) is 23.2 Å². The van der Waals surface area contributed by atoms with Crippen LogP contribution in [0, 0.1) is 0 Å². The number of amides is 1. The highest BCUT2D eigenvalue weighted by atomic mass is 32.1. The number of hydrogen-bond donors (Lipinski definition) is 1. The first-order valence-corrected chi connectivity index (χ1v) is 15.2. The maximum absolute atomic E-state index is 13.0. The first kappa shape index (κ1) is 30.6. The molecular weight excluding hydrogens is 569 g/mol. The number of rotatable bonds is 13. The Bertz CT molecular complexity index is 1560. The van der Waals surface area contributed by atoms with E-state index in [0.29, 0.717) is 40.8 Å². The van der Waals surface area contributed by atoms with Crippen LogP contribution in [-0.4, -0.2) is 29.3 Å². The quantitative estimate of drug-likeness (QED) is 0.0585. The number of carbonyl (C=O) groups excluding carboxylic acids is 3. The number of Topliss-reactive ketones (excluding diaryl/α,β-unsaturated/α-hetero) is 1. The Kier molecular flexibility index (Phi) is 11.0. The van der Waals surface area contributed by atoms with Crippen molar-refractivity contribution in [2.24, 2.45) is 0 Å². The summed E-state index contributed by atoms with van der Waals surface area (Å²) in [6, 6.07) is 20.5. The first-order valence-electron chi connectivity index (χ1n) is 13.5. The summed E-state index contributed by atoms with van der Waals surface area (Å²) in [5.74, 6) is -0.883. The van der Waals surface area contributed by atoms with Crippen LogP contribution in [0.2, 0.25) is 0 Å². The minimum Gasteiger partial charge on any atom is -0.489 e. The van der Waals surface area contributed by atoms with Gasteiger partial charge in [-0.05, 0) is 79.6 Å². The third-order valence-corrected chi connectivity index (χ3v) is 7.97. The van der Waals surface area contributed by atoms with Crippen molar-refractivity contribution in [3.63, 3.8) is 0 Å². The number of benzene rings is 2. The number of esters is 1. The van der Waals surface area contributed by atoms with E-state index in [4.69, 9.17) is 14.5 Å². The number of carbonyl (C=O) groups is 3. The van der Waals surface area contributed by atoms with Crippen LogP contribution >= 0.6 is 22.7 Å². The molecule has 2 heterocycles. The third kappa shape index (κ3) is 8.83. The highest BCUT2D eigenvalue weighted by Gasteiger charge is 2.24. The summed E-state index contributed by atoms with van der Waals surface area (Å²) in [4.78, 5) is 42.8. The summed E-state index contributed by atoms with van der Waals surface area (Å²) in [5.41, 5.74) is 4.04. The van der Waals surface area contributed by atoms with Gasteiger partial charge in [0.2, 0.25) is 0 Å². The molecule has 0 aliphatic heterocycles. The van der Waals surface area contributed by atoms with Crippen LogP contribution in [-0.2, 0) is 27.4 Å². The van der Waals surface area contributed by atoms with Crippen molar-refractivity contribution >= 4 is 46.4 Å². The molecule has 0 unspecified atom stereocenters. The Morgan fingerprint density at radius 1 is 0.952 bits per heavy atom. The number of aromatic nitrogens is 1. The van der Waals surface area contributed by atoms with Gasteiger partial charge in [-0.25, -0.2) is 9.78 Å². The molecule has 9 heteroatoms. The third-order valence-electron chi connectivity index (χ3n) is 6.12. The monoisotopic (exact) mass is 600 g/mol. The van der Waals surface area contributed by atoms with E-state index in [1.165, 1.54) is 22.7 Å². The molecule has 1 N–H and O–H groups in total. The zero-order valence-corrected chi connectivity index (χ0v) is 25.3. The highest BCUT2D eigenvalue weighted by molar-refractivity contribution is 7.13. The summed E-state index contributed by atoms with van der Waals surface area (Å²) in [5, 5.41) is 7.21. The number of nitrogens with zero attached hydrogens (tertiary/aromatic N) is 1. The lowest BCUT2D eigenvalue weighted by molar-refractivity contribution is -0.138. The number of ketones is 1. The fourth-order valence-corrected chi connectivity index (χ4v) is 5.58. The molecule has 2 aromatic carbocycles. The van der Waals surface area contributed by atoms with Crippen LogP contribution in [0.1, 0.15) is 58.3 Å². The van der Waals surface area contributed by atoms with Crippen molar-refractivity contribution in [2.75, 3.05) is 6.61 Å². The molecule has 1 amide bonds. The largest absolute Gasteiger partial charge is 0.489 e. The van der Waals surface area contributed by atoms with E-state index >= 15 is 0 Å². The molecular formula is C33H32N2O5S2. The maximum atomic E-state index is 13.0. The number of hydrogen-bond acceptors (Lipinski definition) is 8. The van der Waals surface area contributed by atoms with Crippen LogP contribution in [0.15, 0.2) is 94.7 Å². The standard InChI is InChI=1S/C33H32N2O5S2/c1-4-39-33(38)23(3)17-22(2)18-26-21-42-32(34-26)28(35-31(37)30(36)29-11-8-16-41-29)19-24-12-14-27(15-13-24)40-20-25-9-6-5-7-10-25/h5-18,21,28H,4,19-20H2,1-3H3,(H,35,37)/t28-/m0/s1. The predicted octanol–water partition coefficient (Wildman–Crippen LogP) is 6.98. The molecule has 42 heavy (non-hydrogen) atoms. The number of allylic oxidation sites excluding steroid dienone is 2. The van der Waals surface area contributed by atoms with Gasteiger partial charge in [0.25, 0.3) is 11.7 Å². The Morgan fingerprint density at radius 2 is 1.71 bits per heavy atom. The van der Waals surface area contributed by atoms with E-state index in [9.17, 15) is 14.4 Å². The van der Waals surface area contributed by atoms with Gasteiger partial charge in [0, 0.05) is 11.0 Å². The minimum absolute atomic E-state index is 0.313. The van der Waals surface area contributed by atoms with Gasteiger partial charge in [-0.3, -0.25) is 9.59 Å². The van der Waals surface area contributed by atoms with Gasteiger partial charge in [-0.15, -0.1) is 22.7 Å². The number of ether oxygens (including phenoxy) is 2. The molecule has 0 radical (unpaired) electrons. The molecule has 0 aliphatic rings. The second kappa shape index (κ2) is 15.0. The summed E-state index contributed by atoms with van der Waals surface area (Å²) in [6.45, 7) is 6.13. The van der Waals surface area contributed by atoms with Crippen molar-refractivity contribution in [1.29, 1.82) is 0 Å². The molecule has 0 saturated heterocycles. The smallest absolute Gasteiger partial charge is 0.333 e. The van der Waals surface area contributed by atoms with E-state index in [1.807, 2.05) is 73.0 Å². The van der Waals surface area contributed by atoms with Crippen molar-refractivity contribution in [3.8, 4) is 5.75 Å². The van der Waals surface area contributed by atoms with Gasteiger partial charge >= 0.3 is 5.97 Å².